The predicted octanol–water partition coefficient (Wildman–Crippen LogP) is 4.36. The SMILES string of the molecule is CC(C)(C)c1c[nH]c2ccc(OC(F)(F)F)cc12. The molecule has 2 rings (SSSR count). The number of benzene rings is 1. The lowest BCUT2D eigenvalue weighted by Crippen LogP contribution is -2.17. The molecule has 18 heavy (non-hydrogen) atoms. The Morgan fingerprint density at radius 3 is 2.33 bits per heavy atom. The van der Waals surface area contributed by atoms with Crippen molar-refractivity contribution in [2.45, 2.75) is 32.5 Å². The summed E-state index contributed by atoms with van der Waals surface area (Å²) in [6.45, 7) is 6.02. The van der Waals surface area contributed by atoms with Gasteiger partial charge in [0.1, 0.15) is 5.75 Å². The van der Waals surface area contributed by atoms with E-state index in [4.69, 9.17) is 0 Å². The molecule has 0 aliphatic rings. The number of aromatic nitrogens is 1. The first kappa shape index (κ1) is 12.8. The Bertz CT molecular complexity index is 564. The molecule has 0 aliphatic carbocycles. The third-order valence-electron chi connectivity index (χ3n) is 2.69. The van der Waals surface area contributed by atoms with Gasteiger partial charge in [0.2, 0.25) is 0 Å². The van der Waals surface area contributed by atoms with E-state index in [1.165, 1.54) is 12.1 Å². The van der Waals surface area contributed by atoms with Gasteiger partial charge in [-0.05, 0) is 29.2 Å². The van der Waals surface area contributed by atoms with E-state index in [0.717, 1.165) is 16.5 Å². The molecule has 0 spiro atoms. The molecule has 0 amide bonds. The molecule has 2 nitrogen and oxygen atoms in total. The van der Waals surface area contributed by atoms with E-state index in [0.29, 0.717) is 0 Å². The fraction of sp³-hybridized carbons (Fsp3) is 0.385. The van der Waals surface area contributed by atoms with Crippen molar-refractivity contribution in [1.29, 1.82) is 0 Å². The van der Waals surface area contributed by atoms with Crippen molar-refractivity contribution in [2.24, 2.45) is 0 Å². The van der Waals surface area contributed by atoms with Crippen molar-refractivity contribution in [1.82, 2.24) is 4.98 Å². The Morgan fingerprint density at radius 1 is 1.11 bits per heavy atom. The smallest absolute Gasteiger partial charge is 0.406 e. The van der Waals surface area contributed by atoms with Crippen LogP contribution in [0.15, 0.2) is 24.4 Å². The first-order valence-electron chi connectivity index (χ1n) is 5.54. The molecule has 0 aliphatic heterocycles. The second kappa shape index (κ2) is 3.93. The first-order valence-corrected chi connectivity index (χ1v) is 5.54. The fourth-order valence-corrected chi connectivity index (χ4v) is 1.92. The monoisotopic (exact) mass is 257 g/mol. The van der Waals surface area contributed by atoms with Crippen LogP contribution in [0.3, 0.4) is 0 Å². The van der Waals surface area contributed by atoms with E-state index in [1.807, 2.05) is 27.0 Å². The number of fused-ring (bicyclic) bond motifs is 1. The van der Waals surface area contributed by atoms with Crippen molar-refractivity contribution in [3.8, 4) is 5.75 Å². The lowest BCUT2D eigenvalue weighted by atomic mass is 9.87. The quantitative estimate of drug-likeness (QED) is 0.806. The van der Waals surface area contributed by atoms with Crippen LogP contribution in [0.4, 0.5) is 13.2 Å². The molecule has 1 aromatic heterocycles. The molecule has 0 fully saturated rings. The van der Waals surface area contributed by atoms with Crippen LogP contribution in [-0.4, -0.2) is 11.3 Å². The molecule has 0 radical (unpaired) electrons. The van der Waals surface area contributed by atoms with Gasteiger partial charge in [0.15, 0.2) is 0 Å². The summed E-state index contributed by atoms with van der Waals surface area (Å²) < 4.78 is 40.4. The Labute approximate surface area is 103 Å². The van der Waals surface area contributed by atoms with Crippen molar-refractivity contribution in [2.75, 3.05) is 0 Å². The summed E-state index contributed by atoms with van der Waals surface area (Å²) in [4.78, 5) is 3.05. The third kappa shape index (κ3) is 2.60. The number of H-pyrrole nitrogens is 1. The molecule has 1 aromatic carbocycles. The summed E-state index contributed by atoms with van der Waals surface area (Å²) in [7, 11) is 0. The summed E-state index contributed by atoms with van der Waals surface area (Å²) >= 11 is 0. The lowest BCUT2D eigenvalue weighted by molar-refractivity contribution is -0.274. The van der Waals surface area contributed by atoms with Crippen LogP contribution in [0, 0.1) is 0 Å². The maximum absolute atomic E-state index is 12.2. The fourth-order valence-electron chi connectivity index (χ4n) is 1.92. The van der Waals surface area contributed by atoms with E-state index < -0.39 is 6.36 Å². The van der Waals surface area contributed by atoms with E-state index in [1.54, 1.807) is 6.07 Å². The summed E-state index contributed by atoms with van der Waals surface area (Å²) in [5, 5.41) is 0.754. The summed E-state index contributed by atoms with van der Waals surface area (Å²) in [5.74, 6) is -0.194. The molecule has 98 valence electrons. The minimum absolute atomic E-state index is 0.144. The number of alkyl halides is 3. The Balaban J connectivity index is 2.49. The summed E-state index contributed by atoms with van der Waals surface area (Å²) in [6, 6.07) is 4.31. The molecule has 1 N–H and O–H groups in total. The van der Waals surface area contributed by atoms with E-state index >= 15 is 0 Å². The lowest BCUT2D eigenvalue weighted by Gasteiger charge is -2.17. The minimum atomic E-state index is -4.66. The van der Waals surface area contributed by atoms with Gasteiger partial charge < -0.3 is 9.72 Å². The molecule has 0 atom stereocenters. The Kier molecular flexibility index (Phi) is 2.80. The molecule has 5 heteroatoms. The van der Waals surface area contributed by atoms with Gasteiger partial charge in [-0.15, -0.1) is 13.2 Å². The van der Waals surface area contributed by atoms with Gasteiger partial charge in [-0.25, -0.2) is 0 Å². The van der Waals surface area contributed by atoms with Crippen LogP contribution in [-0.2, 0) is 5.41 Å². The van der Waals surface area contributed by atoms with E-state index in [9.17, 15) is 13.2 Å². The van der Waals surface area contributed by atoms with Crippen LogP contribution >= 0.6 is 0 Å². The van der Waals surface area contributed by atoms with Crippen LogP contribution in [0.1, 0.15) is 26.3 Å². The largest absolute Gasteiger partial charge is 0.573 e. The average molecular weight is 257 g/mol. The van der Waals surface area contributed by atoms with E-state index in [2.05, 4.69) is 9.72 Å². The standard InChI is InChI=1S/C13H14F3NO/c1-12(2,3)10-7-17-11-5-4-8(6-9(10)11)18-13(14,15)16/h4-7,17H,1-3H3. The molecular weight excluding hydrogens is 243 g/mol. The second-order valence-electron chi connectivity index (χ2n) is 5.21. The number of rotatable bonds is 1. The number of aromatic amines is 1. The minimum Gasteiger partial charge on any atom is -0.406 e. The zero-order valence-corrected chi connectivity index (χ0v) is 10.4. The second-order valence-corrected chi connectivity index (χ2v) is 5.21. The summed E-state index contributed by atoms with van der Waals surface area (Å²) in [6.07, 6.45) is -2.84. The number of hydrogen-bond acceptors (Lipinski definition) is 1. The molecule has 0 unspecified atom stereocenters. The van der Waals surface area contributed by atoms with Crippen molar-refractivity contribution in [3.63, 3.8) is 0 Å². The molecular formula is C13H14F3NO. The Hall–Kier alpha value is -1.65. The Morgan fingerprint density at radius 2 is 1.78 bits per heavy atom. The number of nitrogens with one attached hydrogen (secondary N) is 1. The number of ether oxygens (including phenoxy) is 1. The highest BCUT2D eigenvalue weighted by Gasteiger charge is 2.31. The van der Waals surface area contributed by atoms with Gasteiger partial charge in [-0.3, -0.25) is 0 Å². The van der Waals surface area contributed by atoms with Gasteiger partial charge in [0.25, 0.3) is 0 Å². The van der Waals surface area contributed by atoms with Gasteiger partial charge in [-0.2, -0.15) is 0 Å². The van der Waals surface area contributed by atoms with Crippen molar-refractivity contribution >= 4 is 10.9 Å². The van der Waals surface area contributed by atoms with Gasteiger partial charge in [-0.1, -0.05) is 20.8 Å². The van der Waals surface area contributed by atoms with Crippen molar-refractivity contribution < 1.29 is 17.9 Å². The highest BCUT2D eigenvalue weighted by molar-refractivity contribution is 5.85. The van der Waals surface area contributed by atoms with E-state index in [-0.39, 0.29) is 11.2 Å². The zero-order valence-electron chi connectivity index (χ0n) is 10.4. The molecule has 2 aromatic rings. The van der Waals surface area contributed by atoms with Gasteiger partial charge >= 0.3 is 6.36 Å². The number of halogens is 3. The van der Waals surface area contributed by atoms with Gasteiger partial charge in [0.05, 0.1) is 0 Å². The highest BCUT2D eigenvalue weighted by atomic mass is 19.4. The predicted molar refractivity (Wildman–Crippen MR) is 63.7 cm³/mol. The normalized spacial score (nSPS) is 13.0. The molecule has 0 saturated carbocycles. The van der Waals surface area contributed by atoms with Crippen LogP contribution in [0.2, 0.25) is 0 Å². The topological polar surface area (TPSA) is 25.0 Å². The van der Waals surface area contributed by atoms with Crippen LogP contribution in [0.25, 0.3) is 10.9 Å². The third-order valence-corrected chi connectivity index (χ3v) is 2.69. The van der Waals surface area contributed by atoms with Crippen molar-refractivity contribution in [3.05, 3.63) is 30.0 Å². The van der Waals surface area contributed by atoms with Crippen LogP contribution in [0.5, 0.6) is 5.75 Å². The average Bonchev–Trinajstić information content (AvgIpc) is 2.56. The molecule has 0 saturated heterocycles. The highest BCUT2D eigenvalue weighted by Crippen LogP contribution is 2.33. The maximum atomic E-state index is 12.2. The number of hydrogen-bond donors (Lipinski definition) is 1. The summed E-state index contributed by atoms with van der Waals surface area (Å²) in [5.41, 5.74) is 1.62. The molecule has 0 bridgehead atoms. The first-order chi connectivity index (χ1) is 8.17. The zero-order chi connectivity index (χ0) is 13.6. The molecule has 1 heterocycles. The van der Waals surface area contributed by atoms with Crippen LogP contribution < -0.4 is 4.74 Å². The van der Waals surface area contributed by atoms with Gasteiger partial charge in [0, 0.05) is 17.1 Å². The maximum Gasteiger partial charge on any atom is 0.573 e.